The van der Waals surface area contributed by atoms with E-state index in [1.54, 1.807) is 6.92 Å². The van der Waals surface area contributed by atoms with Gasteiger partial charge in [0.15, 0.2) is 0 Å². The summed E-state index contributed by atoms with van der Waals surface area (Å²) in [6.45, 7) is 3.89. The minimum absolute atomic E-state index is 0.0336. The molecule has 1 aromatic carbocycles. The number of carbonyl (C=O) groups is 1. The van der Waals surface area contributed by atoms with Gasteiger partial charge in [0, 0.05) is 18.8 Å². The fraction of sp³-hybridized carbons (Fsp3) is 0.526. The lowest BCUT2D eigenvalue weighted by Crippen LogP contribution is -2.22. The molecule has 122 valence electrons. The zero-order valence-corrected chi connectivity index (χ0v) is 13.4. The van der Waals surface area contributed by atoms with E-state index in [1.807, 2.05) is 24.3 Å². The van der Waals surface area contributed by atoms with Crippen LogP contribution in [0.3, 0.4) is 0 Å². The molecule has 1 saturated heterocycles. The van der Waals surface area contributed by atoms with Gasteiger partial charge in [-0.25, -0.2) is 4.79 Å². The minimum atomic E-state index is -0.633. The SMILES string of the molecule is CC(O)COC(=O)c1ccc(N2CC3C4C=CC(C4)C3C2)cc1. The van der Waals surface area contributed by atoms with Crippen molar-refractivity contribution < 1.29 is 14.6 Å². The Morgan fingerprint density at radius 2 is 1.83 bits per heavy atom. The van der Waals surface area contributed by atoms with Crippen LogP contribution in [0.25, 0.3) is 0 Å². The number of hydrogen-bond donors (Lipinski definition) is 1. The van der Waals surface area contributed by atoms with Crippen molar-refractivity contribution >= 4 is 11.7 Å². The van der Waals surface area contributed by atoms with Gasteiger partial charge >= 0.3 is 5.97 Å². The summed E-state index contributed by atoms with van der Waals surface area (Å²) in [4.78, 5) is 14.3. The van der Waals surface area contributed by atoms with Crippen molar-refractivity contribution in [1.82, 2.24) is 0 Å². The first-order chi connectivity index (χ1) is 11.1. The third-order valence-electron chi connectivity index (χ3n) is 5.59. The summed E-state index contributed by atoms with van der Waals surface area (Å²) in [5.74, 6) is 2.80. The van der Waals surface area contributed by atoms with Crippen LogP contribution in [0.15, 0.2) is 36.4 Å². The molecule has 4 nitrogen and oxygen atoms in total. The average Bonchev–Trinajstić information content (AvgIpc) is 3.25. The van der Waals surface area contributed by atoms with Gasteiger partial charge in [-0.3, -0.25) is 0 Å². The Morgan fingerprint density at radius 3 is 2.39 bits per heavy atom. The summed E-state index contributed by atoms with van der Waals surface area (Å²) >= 11 is 0. The molecule has 2 bridgehead atoms. The molecule has 5 atom stereocenters. The van der Waals surface area contributed by atoms with E-state index in [0.29, 0.717) is 5.56 Å². The first kappa shape index (κ1) is 14.8. The van der Waals surface area contributed by atoms with Gasteiger partial charge < -0.3 is 14.7 Å². The summed E-state index contributed by atoms with van der Waals surface area (Å²) in [5.41, 5.74) is 1.72. The lowest BCUT2D eigenvalue weighted by molar-refractivity contribution is 0.0296. The smallest absolute Gasteiger partial charge is 0.338 e. The van der Waals surface area contributed by atoms with E-state index in [2.05, 4.69) is 17.1 Å². The first-order valence-electron chi connectivity index (χ1n) is 8.50. The lowest BCUT2D eigenvalue weighted by Gasteiger charge is -2.21. The standard InChI is InChI=1S/C19H23NO3/c1-12(21)11-23-19(22)13-4-6-16(7-5-13)20-9-17-14-2-3-15(8-14)18(17)10-20/h2-7,12,14-15,17-18,21H,8-11H2,1H3. The highest BCUT2D eigenvalue weighted by Gasteiger charge is 2.49. The quantitative estimate of drug-likeness (QED) is 0.685. The van der Waals surface area contributed by atoms with E-state index in [9.17, 15) is 9.90 Å². The van der Waals surface area contributed by atoms with E-state index < -0.39 is 6.10 Å². The van der Waals surface area contributed by atoms with Crippen LogP contribution in [-0.4, -0.2) is 36.9 Å². The van der Waals surface area contributed by atoms with Crippen molar-refractivity contribution in [3.8, 4) is 0 Å². The highest BCUT2D eigenvalue weighted by atomic mass is 16.5. The molecule has 1 saturated carbocycles. The molecule has 23 heavy (non-hydrogen) atoms. The number of fused-ring (bicyclic) bond motifs is 5. The van der Waals surface area contributed by atoms with Gasteiger partial charge in [0.1, 0.15) is 6.61 Å². The molecule has 0 aromatic heterocycles. The third kappa shape index (κ3) is 2.65. The Balaban J connectivity index is 1.40. The first-order valence-corrected chi connectivity index (χ1v) is 8.50. The number of rotatable bonds is 4. The van der Waals surface area contributed by atoms with Gasteiger partial charge in [0.05, 0.1) is 11.7 Å². The number of allylic oxidation sites excluding steroid dienone is 2. The molecule has 3 aliphatic rings. The molecule has 1 aromatic rings. The number of benzene rings is 1. The largest absolute Gasteiger partial charge is 0.459 e. The predicted molar refractivity (Wildman–Crippen MR) is 88.3 cm³/mol. The van der Waals surface area contributed by atoms with Gasteiger partial charge in [0.25, 0.3) is 0 Å². The molecule has 2 aliphatic carbocycles. The number of ether oxygens (including phenoxy) is 1. The topological polar surface area (TPSA) is 49.8 Å². The fourth-order valence-corrected chi connectivity index (χ4v) is 4.45. The number of carbonyl (C=O) groups excluding carboxylic acids is 1. The van der Waals surface area contributed by atoms with Crippen molar-refractivity contribution in [3.05, 3.63) is 42.0 Å². The van der Waals surface area contributed by atoms with E-state index >= 15 is 0 Å². The van der Waals surface area contributed by atoms with Gasteiger partial charge in [-0.1, -0.05) is 12.2 Å². The molecule has 5 unspecified atom stereocenters. The summed E-state index contributed by atoms with van der Waals surface area (Å²) in [7, 11) is 0. The minimum Gasteiger partial charge on any atom is -0.459 e. The van der Waals surface area contributed by atoms with Gasteiger partial charge in [-0.05, 0) is 61.3 Å². The van der Waals surface area contributed by atoms with Crippen LogP contribution in [-0.2, 0) is 4.74 Å². The molecule has 4 heteroatoms. The van der Waals surface area contributed by atoms with Crippen LogP contribution in [0.2, 0.25) is 0 Å². The summed E-state index contributed by atoms with van der Waals surface area (Å²) in [6, 6.07) is 7.66. The normalized spacial score (nSPS) is 32.2. The summed E-state index contributed by atoms with van der Waals surface area (Å²) < 4.78 is 5.04. The second-order valence-corrected chi connectivity index (χ2v) is 7.18. The molecular formula is C19H23NO3. The molecule has 0 amide bonds. The Bertz CT molecular complexity index is 602. The molecule has 1 heterocycles. The van der Waals surface area contributed by atoms with Gasteiger partial charge in [0.2, 0.25) is 0 Å². The zero-order chi connectivity index (χ0) is 16.0. The molecule has 2 fully saturated rings. The Labute approximate surface area is 136 Å². The van der Waals surface area contributed by atoms with E-state index in [1.165, 1.54) is 12.1 Å². The highest BCUT2D eigenvalue weighted by Crippen LogP contribution is 2.51. The maximum Gasteiger partial charge on any atom is 0.338 e. The van der Waals surface area contributed by atoms with Crippen molar-refractivity contribution in [3.63, 3.8) is 0 Å². The van der Waals surface area contributed by atoms with Crippen LogP contribution < -0.4 is 4.90 Å². The molecule has 0 radical (unpaired) electrons. The predicted octanol–water partition coefficient (Wildman–Crippen LogP) is 2.48. The second-order valence-electron chi connectivity index (χ2n) is 7.18. The number of aliphatic hydroxyl groups excluding tert-OH is 1. The lowest BCUT2D eigenvalue weighted by atomic mass is 9.86. The third-order valence-corrected chi connectivity index (χ3v) is 5.59. The van der Waals surface area contributed by atoms with Crippen molar-refractivity contribution in [2.45, 2.75) is 19.4 Å². The second kappa shape index (κ2) is 5.68. The van der Waals surface area contributed by atoms with Gasteiger partial charge in [-0.15, -0.1) is 0 Å². The van der Waals surface area contributed by atoms with E-state index in [-0.39, 0.29) is 12.6 Å². The number of anilines is 1. The maximum atomic E-state index is 11.9. The van der Waals surface area contributed by atoms with Crippen molar-refractivity contribution in [1.29, 1.82) is 0 Å². The molecule has 1 N–H and O–H groups in total. The van der Waals surface area contributed by atoms with E-state index in [0.717, 1.165) is 36.8 Å². The number of esters is 1. The number of aliphatic hydroxyl groups is 1. The van der Waals surface area contributed by atoms with Crippen LogP contribution in [0.5, 0.6) is 0 Å². The van der Waals surface area contributed by atoms with Crippen LogP contribution in [0, 0.1) is 23.7 Å². The molecule has 4 rings (SSSR count). The maximum absolute atomic E-state index is 11.9. The summed E-state index contributed by atoms with van der Waals surface area (Å²) in [6.07, 6.45) is 5.55. The van der Waals surface area contributed by atoms with Crippen LogP contribution in [0.4, 0.5) is 5.69 Å². The fourth-order valence-electron chi connectivity index (χ4n) is 4.45. The van der Waals surface area contributed by atoms with E-state index in [4.69, 9.17) is 4.74 Å². The molecule has 0 spiro atoms. The zero-order valence-electron chi connectivity index (χ0n) is 13.4. The molecular weight excluding hydrogens is 290 g/mol. The Kier molecular flexibility index (Phi) is 3.64. The molecule has 1 aliphatic heterocycles. The monoisotopic (exact) mass is 313 g/mol. The summed E-state index contributed by atoms with van der Waals surface area (Å²) in [5, 5.41) is 9.17. The number of nitrogens with zero attached hydrogens (tertiary/aromatic N) is 1. The van der Waals surface area contributed by atoms with Crippen LogP contribution in [0.1, 0.15) is 23.7 Å². The van der Waals surface area contributed by atoms with Gasteiger partial charge in [-0.2, -0.15) is 0 Å². The van der Waals surface area contributed by atoms with Crippen molar-refractivity contribution in [2.24, 2.45) is 23.7 Å². The highest BCUT2D eigenvalue weighted by molar-refractivity contribution is 5.89. The number of hydrogen-bond acceptors (Lipinski definition) is 4. The Hall–Kier alpha value is -1.81. The average molecular weight is 313 g/mol. The van der Waals surface area contributed by atoms with Crippen molar-refractivity contribution in [2.75, 3.05) is 24.6 Å². The Morgan fingerprint density at radius 1 is 1.22 bits per heavy atom. The van der Waals surface area contributed by atoms with Crippen LogP contribution >= 0.6 is 0 Å².